The normalized spacial score (nSPS) is 11.7. The molecule has 98 valence electrons. The third-order valence-electron chi connectivity index (χ3n) is 2.35. The molecule has 0 fully saturated rings. The van der Waals surface area contributed by atoms with Crippen molar-refractivity contribution in [3.8, 4) is 5.75 Å². The van der Waals surface area contributed by atoms with Crippen molar-refractivity contribution in [2.75, 3.05) is 12.4 Å². The molecule has 6 nitrogen and oxygen atoms in total. The molecule has 0 bridgehead atoms. The summed E-state index contributed by atoms with van der Waals surface area (Å²) in [6.45, 7) is 1.89. The number of rotatable bonds is 5. The molecule has 0 saturated carbocycles. The fraction of sp³-hybridized carbons (Fsp3) is 0.333. The maximum atomic E-state index is 11.6. The summed E-state index contributed by atoms with van der Waals surface area (Å²) in [4.78, 5) is 22.1. The lowest BCUT2D eigenvalue weighted by atomic mass is 10.1. The number of carboxylic acid groups (broad SMARTS) is 1. The van der Waals surface area contributed by atoms with Crippen molar-refractivity contribution in [2.45, 2.75) is 19.4 Å². The van der Waals surface area contributed by atoms with Crippen LogP contribution >= 0.6 is 0 Å². The zero-order valence-electron chi connectivity index (χ0n) is 10.3. The second-order valence-corrected chi connectivity index (χ2v) is 3.90. The van der Waals surface area contributed by atoms with Gasteiger partial charge < -0.3 is 20.9 Å². The van der Waals surface area contributed by atoms with E-state index in [4.69, 9.17) is 15.6 Å². The van der Waals surface area contributed by atoms with Gasteiger partial charge in [0.05, 0.1) is 25.3 Å². The number of carbonyl (C=O) groups is 2. The standard InChI is InChI=1S/C12H16N2O4/c1-7-3-4-9(10(5-7)18-2)14-12(17)8(13)6-11(15)16/h3-5,8H,6,13H2,1-2H3,(H,14,17)(H,15,16). The zero-order chi connectivity index (χ0) is 13.7. The van der Waals surface area contributed by atoms with Crippen LogP contribution in [0.1, 0.15) is 12.0 Å². The lowest BCUT2D eigenvalue weighted by molar-refractivity contribution is -0.138. The van der Waals surface area contributed by atoms with Crippen LogP contribution in [-0.4, -0.2) is 30.1 Å². The predicted octanol–water partition coefficient (Wildman–Crippen LogP) is 0.744. The molecule has 1 aromatic carbocycles. The van der Waals surface area contributed by atoms with Crippen molar-refractivity contribution in [3.05, 3.63) is 23.8 Å². The Balaban J connectivity index is 2.78. The van der Waals surface area contributed by atoms with Crippen LogP contribution in [0.25, 0.3) is 0 Å². The van der Waals surface area contributed by atoms with E-state index in [0.29, 0.717) is 11.4 Å². The van der Waals surface area contributed by atoms with Gasteiger partial charge in [0.1, 0.15) is 5.75 Å². The van der Waals surface area contributed by atoms with E-state index in [-0.39, 0.29) is 0 Å². The quantitative estimate of drug-likeness (QED) is 0.717. The van der Waals surface area contributed by atoms with Crippen LogP contribution in [0, 0.1) is 6.92 Å². The first-order valence-corrected chi connectivity index (χ1v) is 5.37. The zero-order valence-corrected chi connectivity index (χ0v) is 10.3. The molecule has 1 atom stereocenters. The number of benzene rings is 1. The van der Waals surface area contributed by atoms with E-state index in [1.54, 1.807) is 18.2 Å². The predicted molar refractivity (Wildman–Crippen MR) is 66.6 cm³/mol. The number of ether oxygens (including phenoxy) is 1. The largest absolute Gasteiger partial charge is 0.495 e. The topological polar surface area (TPSA) is 102 Å². The van der Waals surface area contributed by atoms with Gasteiger partial charge in [-0.3, -0.25) is 9.59 Å². The number of nitrogens with two attached hydrogens (primary N) is 1. The monoisotopic (exact) mass is 252 g/mol. The molecule has 0 radical (unpaired) electrons. The maximum absolute atomic E-state index is 11.6. The molecule has 1 aromatic rings. The Kier molecular flexibility index (Phi) is 4.67. The summed E-state index contributed by atoms with van der Waals surface area (Å²) in [7, 11) is 1.49. The number of nitrogens with one attached hydrogen (secondary N) is 1. The number of aryl methyl sites for hydroxylation is 1. The number of carboxylic acids is 1. The van der Waals surface area contributed by atoms with Crippen LogP contribution in [0.3, 0.4) is 0 Å². The Morgan fingerprint density at radius 2 is 2.17 bits per heavy atom. The third kappa shape index (κ3) is 3.74. The van der Waals surface area contributed by atoms with Crippen molar-refractivity contribution >= 4 is 17.6 Å². The van der Waals surface area contributed by atoms with Gasteiger partial charge in [0.15, 0.2) is 0 Å². The van der Waals surface area contributed by atoms with Gasteiger partial charge >= 0.3 is 5.97 Å². The molecule has 0 aliphatic heterocycles. The third-order valence-corrected chi connectivity index (χ3v) is 2.35. The molecule has 0 aliphatic carbocycles. The Morgan fingerprint density at radius 1 is 1.50 bits per heavy atom. The van der Waals surface area contributed by atoms with Crippen LogP contribution in [0.4, 0.5) is 5.69 Å². The summed E-state index contributed by atoms with van der Waals surface area (Å²) in [5.41, 5.74) is 6.91. The van der Waals surface area contributed by atoms with E-state index in [9.17, 15) is 9.59 Å². The summed E-state index contributed by atoms with van der Waals surface area (Å²) in [6, 6.07) is 4.16. The lowest BCUT2D eigenvalue weighted by Gasteiger charge is -2.13. The molecule has 18 heavy (non-hydrogen) atoms. The lowest BCUT2D eigenvalue weighted by Crippen LogP contribution is -2.37. The van der Waals surface area contributed by atoms with Crippen LogP contribution in [0.15, 0.2) is 18.2 Å². The first-order valence-electron chi connectivity index (χ1n) is 5.37. The molecule has 0 heterocycles. The first-order chi connectivity index (χ1) is 8.43. The smallest absolute Gasteiger partial charge is 0.305 e. The second kappa shape index (κ2) is 6.02. The number of aliphatic carboxylic acids is 1. The summed E-state index contributed by atoms with van der Waals surface area (Å²) in [6.07, 6.45) is -0.417. The Morgan fingerprint density at radius 3 is 2.72 bits per heavy atom. The number of carbonyl (C=O) groups excluding carboxylic acids is 1. The van der Waals surface area contributed by atoms with Gasteiger partial charge in [-0.05, 0) is 24.6 Å². The van der Waals surface area contributed by atoms with Gasteiger partial charge in [0.25, 0.3) is 0 Å². The fourth-order valence-electron chi connectivity index (χ4n) is 1.41. The summed E-state index contributed by atoms with van der Waals surface area (Å²) in [5.74, 6) is -1.17. The molecule has 1 amide bonds. The van der Waals surface area contributed by atoms with Crippen LogP contribution in [0.5, 0.6) is 5.75 Å². The van der Waals surface area contributed by atoms with Crippen molar-refractivity contribution in [1.82, 2.24) is 0 Å². The minimum absolute atomic E-state index is 0.417. The SMILES string of the molecule is COc1cc(C)ccc1NC(=O)C(N)CC(=O)O. The van der Waals surface area contributed by atoms with Crippen LogP contribution in [-0.2, 0) is 9.59 Å². The van der Waals surface area contributed by atoms with Crippen molar-refractivity contribution in [1.29, 1.82) is 0 Å². The van der Waals surface area contributed by atoms with Gasteiger partial charge in [-0.25, -0.2) is 0 Å². The molecule has 0 aliphatic rings. The van der Waals surface area contributed by atoms with Gasteiger partial charge in [0.2, 0.25) is 5.91 Å². The number of anilines is 1. The molecule has 0 aromatic heterocycles. The second-order valence-electron chi connectivity index (χ2n) is 3.90. The molecule has 0 saturated heterocycles. The van der Waals surface area contributed by atoms with Gasteiger partial charge in [-0.15, -0.1) is 0 Å². The number of hydrogen-bond donors (Lipinski definition) is 3. The van der Waals surface area contributed by atoms with Crippen LogP contribution in [0.2, 0.25) is 0 Å². The van der Waals surface area contributed by atoms with Gasteiger partial charge in [0, 0.05) is 0 Å². The summed E-state index contributed by atoms with van der Waals surface area (Å²) >= 11 is 0. The molecule has 6 heteroatoms. The Labute approximate surface area is 105 Å². The summed E-state index contributed by atoms with van der Waals surface area (Å²) in [5, 5.41) is 11.1. The van der Waals surface area contributed by atoms with Crippen molar-refractivity contribution in [2.24, 2.45) is 5.73 Å². The fourth-order valence-corrected chi connectivity index (χ4v) is 1.41. The Bertz CT molecular complexity index is 459. The maximum Gasteiger partial charge on any atom is 0.305 e. The van der Waals surface area contributed by atoms with Gasteiger partial charge in [-0.2, -0.15) is 0 Å². The molecule has 0 spiro atoms. The van der Waals surface area contributed by atoms with E-state index < -0.39 is 24.3 Å². The first kappa shape index (κ1) is 14.0. The highest BCUT2D eigenvalue weighted by atomic mass is 16.5. The average molecular weight is 252 g/mol. The highest BCUT2D eigenvalue weighted by Gasteiger charge is 2.18. The molecule has 1 unspecified atom stereocenters. The van der Waals surface area contributed by atoms with E-state index in [1.807, 2.05) is 6.92 Å². The van der Waals surface area contributed by atoms with E-state index in [0.717, 1.165) is 5.56 Å². The summed E-state index contributed by atoms with van der Waals surface area (Å²) < 4.78 is 5.12. The number of methoxy groups -OCH3 is 1. The number of hydrogen-bond acceptors (Lipinski definition) is 4. The Hall–Kier alpha value is -2.08. The highest BCUT2D eigenvalue weighted by molar-refractivity contribution is 5.97. The minimum atomic E-state index is -1.12. The minimum Gasteiger partial charge on any atom is -0.495 e. The van der Waals surface area contributed by atoms with Crippen molar-refractivity contribution < 1.29 is 19.4 Å². The average Bonchev–Trinajstić information content (AvgIpc) is 2.30. The molecule has 1 rings (SSSR count). The highest BCUT2D eigenvalue weighted by Crippen LogP contribution is 2.25. The van der Waals surface area contributed by atoms with E-state index >= 15 is 0 Å². The molecular formula is C12H16N2O4. The number of amides is 1. The van der Waals surface area contributed by atoms with Gasteiger partial charge in [-0.1, -0.05) is 6.07 Å². The molecule has 4 N–H and O–H groups in total. The van der Waals surface area contributed by atoms with Crippen LogP contribution < -0.4 is 15.8 Å². The van der Waals surface area contributed by atoms with E-state index in [1.165, 1.54) is 7.11 Å². The van der Waals surface area contributed by atoms with Crippen molar-refractivity contribution in [3.63, 3.8) is 0 Å². The molecular weight excluding hydrogens is 236 g/mol. The van der Waals surface area contributed by atoms with E-state index in [2.05, 4.69) is 5.32 Å².